The average Bonchev–Trinajstić information content (AvgIpc) is 2.87. The molecule has 2 rings (SSSR count). The number of rotatable bonds is 5. The molecule has 2 aromatic heterocycles. The van der Waals surface area contributed by atoms with Gasteiger partial charge in [-0.1, -0.05) is 19.4 Å². The maximum Gasteiger partial charge on any atom is 1.00 e. The van der Waals surface area contributed by atoms with Gasteiger partial charge in [0.1, 0.15) is 0 Å². The van der Waals surface area contributed by atoms with Crippen LogP contribution >= 0.6 is 34.4 Å². The van der Waals surface area contributed by atoms with E-state index >= 15 is 0 Å². The average molecular weight is 260 g/mol. The summed E-state index contributed by atoms with van der Waals surface area (Å²) in [6.07, 6.45) is 2.59. The summed E-state index contributed by atoms with van der Waals surface area (Å²) in [6.45, 7) is 2.24. The zero-order chi connectivity index (χ0) is 10.5. The second-order valence-electron chi connectivity index (χ2n) is 3.24. The van der Waals surface area contributed by atoms with Gasteiger partial charge in [0.25, 0.3) is 0 Å². The molecule has 0 saturated heterocycles. The van der Waals surface area contributed by atoms with Gasteiger partial charge in [0, 0.05) is 0 Å². The third-order valence-corrected chi connectivity index (χ3v) is 5.43. The van der Waals surface area contributed by atoms with Crippen molar-refractivity contribution in [3.05, 3.63) is 29.6 Å². The van der Waals surface area contributed by atoms with E-state index < -0.39 is 0 Å². The Morgan fingerprint density at radius 2 is 2.12 bits per heavy atom. The van der Waals surface area contributed by atoms with Gasteiger partial charge in [-0.15, -0.1) is 33.4 Å². The van der Waals surface area contributed by atoms with Gasteiger partial charge in [-0.25, -0.2) is 0 Å². The first-order valence-electron chi connectivity index (χ1n) is 5.09. The molecule has 0 aliphatic carbocycles. The Balaban J connectivity index is 0.00000128. The van der Waals surface area contributed by atoms with Crippen molar-refractivity contribution in [2.75, 3.05) is 5.75 Å². The van der Waals surface area contributed by atoms with Crippen LogP contribution in [0.5, 0.6) is 0 Å². The summed E-state index contributed by atoms with van der Waals surface area (Å²) in [5.74, 6) is 1.24. The fourth-order valence-electron chi connectivity index (χ4n) is 1.22. The fraction of sp³-hybridized carbons (Fsp3) is 0.333. The molecule has 80 valence electrons. The normalized spacial score (nSPS) is 10.1. The standard InChI is InChI=1S/C12H13S3.Li/c1-2-3-8-14-12-7-6-11(15-12)10-5-4-9-13-10;/h4-7H,2-3,8H2,1H3;/q-1;+1. The van der Waals surface area contributed by atoms with Crippen LogP contribution in [0.1, 0.15) is 19.8 Å². The van der Waals surface area contributed by atoms with E-state index in [0.717, 1.165) is 0 Å². The summed E-state index contributed by atoms with van der Waals surface area (Å²) in [4.78, 5) is 2.71. The van der Waals surface area contributed by atoms with Gasteiger partial charge < -0.3 is 0 Å². The number of thioether (sulfide) groups is 1. The van der Waals surface area contributed by atoms with Crippen molar-refractivity contribution in [3.8, 4) is 9.75 Å². The molecule has 0 aromatic carbocycles. The maximum atomic E-state index is 3.13. The number of thiophene rings is 2. The fourth-order valence-corrected chi connectivity index (χ4v) is 4.25. The first-order valence-corrected chi connectivity index (χ1v) is 7.71. The molecule has 0 atom stereocenters. The minimum atomic E-state index is 0. The Hall–Kier alpha value is 0.347. The van der Waals surface area contributed by atoms with Crippen molar-refractivity contribution in [2.45, 2.75) is 24.0 Å². The summed E-state index contributed by atoms with van der Waals surface area (Å²) in [7, 11) is 0. The van der Waals surface area contributed by atoms with Crippen LogP contribution in [-0.4, -0.2) is 5.75 Å². The van der Waals surface area contributed by atoms with Gasteiger partial charge in [-0.3, -0.25) is 11.3 Å². The molecule has 0 nitrogen and oxygen atoms in total. The van der Waals surface area contributed by atoms with Gasteiger partial charge in [0.15, 0.2) is 0 Å². The maximum absolute atomic E-state index is 3.13. The van der Waals surface area contributed by atoms with Crippen molar-refractivity contribution in [1.29, 1.82) is 0 Å². The molecule has 0 aliphatic rings. The van der Waals surface area contributed by atoms with E-state index in [1.165, 1.54) is 32.6 Å². The Labute approximate surface area is 122 Å². The number of hydrogen-bond donors (Lipinski definition) is 0. The summed E-state index contributed by atoms with van der Waals surface area (Å²) in [6, 6.07) is 8.58. The molecule has 0 saturated carbocycles. The number of unbranched alkanes of at least 4 members (excludes halogenated alkanes) is 1. The van der Waals surface area contributed by atoms with Crippen LogP contribution in [0.25, 0.3) is 9.75 Å². The van der Waals surface area contributed by atoms with E-state index in [9.17, 15) is 0 Å². The van der Waals surface area contributed by atoms with E-state index in [-0.39, 0.29) is 18.9 Å². The molecular weight excluding hydrogens is 247 g/mol. The summed E-state index contributed by atoms with van der Waals surface area (Å²) in [5, 5.41) is 3.13. The smallest absolute Gasteiger partial charge is 0.295 e. The van der Waals surface area contributed by atoms with Gasteiger partial charge >= 0.3 is 18.9 Å². The SMILES string of the molecule is CCCCSc1ccc(-c2cc[c-]s2)s1.[Li+]. The molecule has 0 spiro atoms. The van der Waals surface area contributed by atoms with Crippen LogP contribution in [0, 0.1) is 5.38 Å². The quantitative estimate of drug-likeness (QED) is 0.344. The molecular formula is C12H13LiS3. The zero-order valence-electron chi connectivity index (χ0n) is 9.66. The topological polar surface area (TPSA) is 0 Å². The van der Waals surface area contributed by atoms with E-state index in [4.69, 9.17) is 0 Å². The van der Waals surface area contributed by atoms with Crippen molar-refractivity contribution in [1.82, 2.24) is 0 Å². The number of hydrogen-bond acceptors (Lipinski definition) is 3. The molecule has 4 heteroatoms. The largest absolute Gasteiger partial charge is 1.00 e. The van der Waals surface area contributed by atoms with Crippen molar-refractivity contribution < 1.29 is 18.9 Å². The summed E-state index contributed by atoms with van der Waals surface area (Å²) < 4.78 is 1.44. The first-order chi connectivity index (χ1) is 7.40. The van der Waals surface area contributed by atoms with E-state index in [0.29, 0.717) is 0 Å². The van der Waals surface area contributed by atoms with Crippen LogP contribution in [0.15, 0.2) is 28.5 Å². The van der Waals surface area contributed by atoms with Crippen LogP contribution < -0.4 is 18.9 Å². The molecule has 0 aliphatic heterocycles. The monoisotopic (exact) mass is 260 g/mol. The Morgan fingerprint density at radius 3 is 2.81 bits per heavy atom. The van der Waals surface area contributed by atoms with Crippen LogP contribution in [-0.2, 0) is 0 Å². The molecule has 0 N–H and O–H groups in total. The van der Waals surface area contributed by atoms with Crippen molar-refractivity contribution in [3.63, 3.8) is 0 Å². The summed E-state index contributed by atoms with van der Waals surface area (Å²) >= 11 is 5.56. The van der Waals surface area contributed by atoms with Gasteiger partial charge in [0.2, 0.25) is 0 Å². The van der Waals surface area contributed by atoms with Gasteiger partial charge in [-0.05, 0) is 23.1 Å². The molecule has 0 unspecified atom stereocenters. The van der Waals surface area contributed by atoms with Gasteiger partial charge in [-0.2, -0.15) is 12.1 Å². The molecule has 16 heavy (non-hydrogen) atoms. The van der Waals surface area contributed by atoms with Crippen LogP contribution in [0.4, 0.5) is 0 Å². The zero-order valence-corrected chi connectivity index (χ0v) is 12.1. The van der Waals surface area contributed by atoms with Crippen LogP contribution in [0.2, 0.25) is 0 Å². The minimum Gasteiger partial charge on any atom is -0.295 e. The Morgan fingerprint density at radius 1 is 1.25 bits per heavy atom. The summed E-state index contributed by atoms with van der Waals surface area (Å²) in [5.41, 5.74) is 0. The minimum absolute atomic E-state index is 0. The van der Waals surface area contributed by atoms with Crippen molar-refractivity contribution >= 4 is 34.4 Å². The molecule has 0 bridgehead atoms. The van der Waals surface area contributed by atoms with E-state index in [1.54, 1.807) is 11.3 Å². The molecule has 0 radical (unpaired) electrons. The van der Waals surface area contributed by atoms with Crippen molar-refractivity contribution in [2.24, 2.45) is 0 Å². The van der Waals surface area contributed by atoms with Crippen LogP contribution in [0.3, 0.4) is 0 Å². The predicted molar refractivity (Wildman–Crippen MR) is 72.1 cm³/mol. The molecule has 0 amide bonds. The third-order valence-electron chi connectivity index (χ3n) is 2.04. The Kier molecular flexibility index (Phi) is 6.87. The molecule has 2 aromatic rings. The molecule has 2 heterocycles. The van der Waals surface area contributed by atoms with Gasteiger partial charge in [0.05, 0.1) is 4.21 Å². The second-order valence-corrected chi connectivity index (χ2v) is 6.60. The Bertz CT molecular complexity index is 392. The molecule has 0 fully saturated rings. The third kappa shape index (κ3) is 3.98. The predicted octanol–water partition coefficient (Wildman–Crippen LogP) is 2.17. The first kappa shape index (κ1) is 14.4. The second kappa shape index (κ2) is 7.63. The van der Waals surface area contributed by atoms with E-state index in [2.05, 4.69) is 30.5 Å². The van der Waals surface area contributed by atoms with E-state index in [1.807, 2.05) is 29.2 Å².